The molecule has 2 aliphatic heterocycles. The number of anilines is 1. The van der Waals surface area contributed by atoms with Crippen LogP contribution >= 0.6 is 0 Å². The highest BCUT2D eigenvalue weighted by Crippen LogP contribution is 2.32. The zero-order valence-electron chi connectivity index (χ0n) is 10.6. The van der Waals surface area contributed by atoms with Crippen LogP contribution in [-0.4, -0.2) is 38.3 Å². The molecule has 2 aliphatic rings. The highest BCUT2D eigenvalue weighted by Gasteiger charge is 2.36. The van der Waals surface area contributed by atoms with Gasteiger partial charge in [0.2, 0.25) is 0 Å². The average molecular weight is 246 g/mol. The largest absolute Gasteiger partial charge is 0.465 e. The standard InChI is InChI=1S/C14H18N2O2/c1-18-14(17)10-3-2-4-11(7-10)16-12-5-6-13(16)9-15-8-12/h2-4,7,12-13,15H,5-6,8-9H2,1H3/t12-,13+. The van der Waals surface area contributed by atoms with Crippen LogP contribution < -0.4 is 10.2 Å². The number of hydrogen-bond donors (Lipinski definition) is 1. The molecule has 2 fully saturated rings. The van der Waals surface area contributed by atoms with Crippen molar-refractivity contribution in [2.45, 2.75) is 24.9 Å². The lowest BCUT2D eigenvalue weighted by Crippen LogP contribution is -2.52. The van der Waals surface area contributed by atoms with Crippen LogP contribution in [0.5, 0.6) is 0 Å². The predicted molar refractivity (Wildman–Crippen MR) is 69.9 cm³/mol. The molecule has 4 nitrogen and oxygen atoms in total. The van der Waals surface area contributed by atoms with Crippen molar-refractivity contribution in [2.24, 2.45) is 0 Å². The minimum Gasteiger partial charge on any atom is -0.465 e. The first kappa shape index (κ1) is 11.5. The molecule has 3 rings (SSSR count). The van der Waals surface area contributed by atoms with Crippen LogP contribution in [0, 0.1) is 0 Å². The van der Waals surface area contributed by atoms with Crippen LogP contribution in [0.1, 0.15) is 23.2 Å². The highest BCUT2D eigenvalue weighted by molar-refractivity contribution is 5.90. The van der Waals surface area contributed by atoms with Gasteiger partial charge in [0, 0.05) is 30.9 Å². The lowest BCUT2D eigenvalue weighted by molar-refractivity contribution is 0.0600. The van der Waals surface area contributed by atoms with E-state index in [-0.39, 0.29) is 5.97 Å². The molecule has 4 heteroatoms. The Labute approximate surface area is 107 Å². The van der Waals surface area contributed by atoms with E-state index in [1.165, 1.54) is 20.0 Å². The van der Waals surface area contributed by atoms with Crippen molar-refractivity contribution in [1.29, 1.82) is 0 Å². The van der Waals surface area contributed by atoms with E-state index in [0.29, 0.717) is 17.6 Å². The summed E-state index contributed by atoms with van der Waals surface area (Å²) >= 11 is 0. The maximum Gasteiger partial charge on any atom is 0.337 e. The third-order valence-corrected chi connectivity index (χ3v) is 3.95. The Bertz CT molecular complexity index is 445. The first-order valence-corrected chi connectivity index (χ1v) is 6.47. The van der Waals surface area contributed by atoms with E-state index in [4.69, 9.17) is 4.74 Å². The number of carbonyl (C=O) groups excluding carboxylic acids is 1. The summed E-state index contributed by atoms with van der Waals surface area (Å²) in [5, 5.41) is 3.46. The van der Waals surface area contributed by atoms with Gasteiger partial charge in [0.1, 0.15) is 0 Å². The molecule has 2 atom stereocenters. The fourth-order valence-corrected chi connectivity index (χ4v) is 3.11. The summed E-state index contributed by atoms with van der Waals surface area (Å²) in [6, 6.07) is 8.90. The zero-order chi connectivity index (χ0) is 12.5. The molecule has 0 radical (unpaired) electrons. The monoisotopic (exact) mass is 246 g/mol. The van der Waals surface area contributed by atoms with Gasteiger partial charge in [-0.3, -0.25) is 0 Å². The quantitative estimate of drug-likeness (QED) is 0.801. The Morgan fingerprint density at radius 2 is 2.06 bits per heavy atom. The highest BCUT2D eigenvalue weighted by atomic mass is 16.5. The Morgan fingerprint density at radius 3 is 2.72 bits per heavy atom. The van der Waals surface area contributed by atoms with Crippen LogP contribution in [0.15, 0.2) is 24.3 Å². The molecule has 0 spiro atoms. The molecule has 0 aliphatic carbocycles. The van der Waals surface area contributed by atoms with Crippen molar-refractivity contribution < 1.29 is 9.53 Å². The third kappa shape index (κ3) is 1.86. The fraction of sp³-hybridized carbons (Fsp3) is 0.500. The van der Waals surface area contributed by atoms with E-state index in [1.54, 1.807) is 6.07 Å². The number of fused-ring (bicyclic) bond motifs is 2. The van der Waals surface area contributed by atoms with Crippen molar-refractivity contribution >= 4 is 11.7 Å². The first-order valence-electron chi connectivity index (χ1n) is 6.47. The molecule has 2 bridgehead atoms. The van der Waals surface area contributed by atoms with Crippen LogP contribution in [0.25, 0.3) is 0 Å². The van der Waals surface area contributed by atoms with Crippen molar-refractivity contribution in [1.82, 2.24) is 5.32 Å². The van der Waals surface area contributed by atoms with Crippen LogP contribution in [0.2, 0.25) is 0 Å². The maximum atomic E-state index is 11.6. The summed E-state index contributed by atoms with van der Waals surface area (Å²) in [4.78, 5) is 14.0. The van der Waals surface area contributed by atoms with Gasteiger partial charge in [0.25, 0.3) is 0 Å². The van der Waals surface area contributed by atoms with E-state index >= 15 is 0 Å². The molecule has 2 heterocycles. The summed E-state index contributed by atoms with van der Waals surface area (Å²) in [6.45, 7) is 2.08. The van der Waals surface area contributed by atoms with Crippen molar-refractivity contribution in [3.05, 3.63) is 29.8 Å². The lowest BCUT2D eigenvalue weighted by Gasteiger charge is -2.37. The molecule has 18 heavy (non-hydrogen) atoms. The fourth-order valence-electron chi connectivity index (χ4n) is 3.11. The van der Waals surface area contributed by atoms with E-state index in [1.807, 2.05) is 12.1 Å². The molecule has 2 saturated heterocycles. The zero-order valence-corrected chi connectivity index (χ0v) is 10.6. The van der Waals surface area contributed by atoms with Crippen LogP contribution in [0.3, 0.4) is 0 Å². The molecular weight excluding hydrogens is 228 g/mol. The SMILES string of the molecule is COC(=O)c1cccc(N2[C@@H]3CC[C@H]2CNC3)c1. The Kier molecular flexibility index (Phi) is 2.96. The number of rotatable bonds is 2. The number of esters is 1. The van der Waals surface area contributed by atoms with Gasteiger partial charge in [-0.15, -0.1) is 0 Å². The van der Waals surface area contributed by atoms with Crippen LogP contribution in [-0.2, 0) is 4.74 Å². The second-order valence-corrected chi connectivity index (χ2v) is 4.99. The number of hydrogen-bond acceptors (Lipinski definition) is 4. The minimum absolute atomic E-state index is 0.265. The van der Waals surface area contributed by atoms with Crippen LogP contribution in [0.4, 0.5) is 5.69 Å². The third-order valence-electron chi connectivity index (χ3n) is 3.95. The lowest BCUT2D eigenvalue weighted by atomic mass is 10.1. The Hall–Kier alpha value is -1.55. The number of nitrogens with one attached hydrogen (secondary N) is 1. The van der Waals surface area contributed by atoms with Gasteiger partial charge in [-0.1, -0.05) is 6.07 Å². The second-order valence-electron chi connectivity index (χ2n) is 4.99. The van der Waals surface area contributed by atoms with Gasteiger partial charge in [-0.2, -0.15) is 0 Å². The van der Waals surface area contributed by atoms with E-state index in [0.717, 1.165) is 18.8 Å². The molecular formula is C14H18N2O2. The smallest absolute Gasteiger partial charge is 0.337 e. The number of carbonyl (C=O) groups is 1. The second kappa shape index (κ2) is 4.61. The topological polar surface area (TPSA) is 41.6 Å². The summed E-state index contributed by atoms with van der Waals surface area (Å²) in [5.41, 5.74) is 1.78. The number of nitrogens with zero attached hydrogens (tertiary/aromatic N) is 1. The van der Waals surface area contributed by atoms with Gasteiger partial charge in [-0.25, -0.2) is 4.79 Å². The summed E-state index contributed by atoms with van der Waals surface area (Å²) in [7, 11) is 1.42. The van der Waals surface area contributed by atoms with Crippen molar-refractivity contribution in [3.63, 3.8) is 0 Å². The maximum absolute atomic E-state index is 11.6. The van der Waals surface area contributed by atoms with E-state index < -0.39 is 0 Å². The summed E-state index contributed by atoms with van der Waals surface area (Å²) in [6.07, 6.45) is 2.47. The molecule has 0 saturated carbocycles. The molecule has 0 unspecified atom stereocenters. The molecule has 1 aromatic rings. The molecule has 96 valence electrons. The normalized spacial score (nSPS) is 26.2. The Morgan fingerprint density at radius 1 is 1.33 bits per heavy atom. The Balaban J connectivity index is 1.90. The molecule has 0 amide bonds. The number of methoxy groups -OCH3 is 1. The van der Waals surface area contributed by atoms with Gasteiger partial charge in [-0.05, 0) is 31.0 Å². The van der Waals surface area contributed by atoms with E-state index in [2.05, 4.69) is 16.3 Å². The molecule has 1 N–H and O–H groups in total. The minimum atomic E-state index is -0.265. The summed E-state index contributed by atoms with van der Waals surface area (Å²) in [5.74, 6) is -0.265. The number of ether oxygens (including phenoxy) is 1. The van der Waals surface area contributed by atoms with Gasteiger partial charge < -0.3 is 15.0 Å². The molecule has 1 aromatic carbocycles. The number of benzene rings is 1. The molecule has 0 aromatic heterocycles. The van der Waals surface area contributed by atoms with Gasteiger partial charge >= 0.3 is 5.97 Å². The van der Waals surface area contributed by atoms with E-state index in [9.17, 15) is 4.79 Å². The predicted octanol–water partition coefficient (Wildman–Crippen LogP) is 1.41. The first-order chi connectivity index (χ1) is 8.79. The number of piperazine rings is 1. The average Bonchev–Trinajstić information content (AvgIpc) is 2.67. The van der Waals surface area contributed by atoms with Gasteiger partial charge in [0.05, 0.1) is 12.7 Å². The van der Waals surface area contributed by atoms with Gasteiger partial charge in [0.15, 0.2) is 0 Å². The van der Waals surface area contributed by atoms with Crippen molar-refractivity contribution in [3.8, 4) is 0 Å². The summed E-state index contributed by atoms with van der Waals surface area (Å²) < 4.78 is 4.78. The van der Waals surface area contributed by atoms with Crippen molar-refractivity contribution in [2.75, 3.05) is 25.1 Å².